The Labute approximate surface area is 119 Å². The van der Waals surface area contributed by atoms with Gasteiger partial charge in [-0.15, -0.1) is 0 Å². The van der Waals surface area contributed by atoms with Gasteiger partial charge < -0.3 is 5.32 Å². The van der Waals surface area contributed by atoms with Gasteiger partial charge in [0.05, 0.1) is 4.92 Å². The molecule has 0 aliphatic carbocycles. The second-order valence-electron chi connectivity index (χ2n) is 4.67. The number of nitro groups is 1. The van der Waals surface area contributed by atoms with Gasteiger partial charge in [-0.25, -0.2) is 8.42 Å². The van der Waals surface area contributed by atoms with Crippen LogP contribution in [-0.2, 0) is 9.84 Å². The van der Waals surface area contributed by atoms with Gasteiger partial charge in [0.2, 0.25) is 0 Å². The van der Waals surface area contributed by atoms with E-state index >= 15 is 0 Å². The summed E-state index contributed by atoms with van der Waals surface area (Å²) in [6.07, 6.45) is 5.15. The SMILES string of the molecule is CCCCCCNc1cccc(S(C)(=O)=O)c1[N+](=O)[O-]. The van der Waals surface area contributed by atoms with Crippen molar-refractivity contribution < 1.29 is 13.3 Å². The van der Waals surface area contributed by atoms with Crippen molar-refractivity contribution in [3.05, 3.63) is 28.3 Å². The Hall–Kier alpha value is -1.63. The zero-order valence-corrected chi connectivity index (χ0v) is 12.6. The van der Waals surface area contributed by atoms with Crippen LogP contribution in [0.3, 0.4) is 0 Å². The Morgan fingerprint density at radius 2 is 1.95 bits per heavy atom. The Balaban J connectivity index is 2.94. The van der Waals surface area contributed by atoms with Crippen molar-refractivity contribution in [3.63, 3.8) is 0 Å². The molecule has 6 nitrogen and oxygen atoms in total. The van der Waals surface area contributed by atoms with Gasteiger partial charge in [-0.05, 0) is 18.6 Å². The minimum absolute atomic E-state index is 0.249. The van der Waals surface area contributed by atoms with Gasteiger partial charge in [0, 0.05) is 12.8 Å². The summed E-state index contributed by atoms with van der Waals surface area (Å²) in [5.74, 6) is 0. The van der Waals surface area contributed by atoms with E-state index in [0.29, 0.717) is 6.54 Å². The molecule has 20 heavy (non-hydrogen) atoms. The van der Waals surface area contributed by atoms with Crippen molar-refractivity contribution in [2.45, 2.75) is 37.5 Å². The van der Waals surface area contributed by atoms with Gasteiger partial charge >= 0.3 is 5.69 Å². The molecule has 0 unspecified atom stereocenters. The minimum atomic E-state index is -3.62. The van der Waals surface area contributed by atoms with Crippen LogP contribution in [0.15, 0.2) is 23.1 Å². The fourth-order valence-electron chi connectivity index (χ4n) is 1.93. The molecule has 0 saturated heterocycles. The van der Waals surface area contributed by atoms with Crippen LogP contribution in [0.2, 0.25) is 0 Å². The summed E-state index contributed by atoms with van der Waals surface area (Å²) in [5, 5.41) is 14.1. The molecule has 0 atom stereocenters. The highest BCUT2D eigenvalue weighted by atomic mass is 32.2. The molecule has 1 aromatic carbocycles. The number of para-hydroxylation sites is 1. The zero-order chi connectivity index (χ0) is 15.2. The number of nitro benzene ring substituents is 1. The normalized spacial score (nSPS) is 11.3. The van der Waals surface area contributed by atoms with Crippen molar-refractivity contribution in [2.75, 3.05) is 18.1 Å². The smallest absolute Gasteiger partial charge is 0.310 e. The molecule has 0 spiro atoms. The third-order valence-electron chi connectivity index (χ3n) is 2.93. The maximum atomic E-state index is 11.6. The van der Waals surface area contributed by atoms with Crippen molar-refractivity contribution in [3.8, 4) is 0 Å². The molecule has 0 aliphatic heterocycles. The number of nitrogens with one attached hydrogen (secondary N) is 1. The third-order valence-corrected chi connectivity index (χ3v) is 4.06. The van der Waals surface area contributed by atoms with E-state index in [0.717, 1.165) is 31.9 Å². The average molecular weight is 300 g/mol. The van der Waals surface area contributed by atoms with E-state index in [4.69, 9.17) is 0 Å². The second-order valence-corrected chi connectivity index (χ2v) is 6.65. The third kappa shape index (κ3) is 4.48. The molecule has 1 rings (SSSR count). The van der Waals surface area contributed by atoms with E-state index in [1.54, 1.807) is 0 Å². The lowest BCUT2D eigenvalue weighted by Crippen LogP contribution is -2.08. The lowest BCUT2D eigenvalue weighted by Gasteiger charge is -2.09. The summed E-state index contributed by atoms with van der Waals surface area (Å²) in [7, 11) is -3.62. The summed E-state index contributed by atoms with van der Waals surface area (Å²) in [4.78, 5) is 10.2. The van der Waals surface area contributed by atoms with E-state index in [-0.39, 0.29) is 16.3 Å². The van der Waals surface area contributed by atoms with E-state index < -0.39 is 14.8 Å². The molecular weight excluding hydrogens is 280 g/mol. The average Bonchev–Trinajstić information content (AvgIpc) is 2.37. The van der Waals surface area contributed by atoms with Crippen LogP contribution in [0, 0.1) is 10.1 Å². The summed E-state index contributed by atoms with van der Waals surface area (Å²) < 4.78 is 23.2. The number of unbranched alkanes of at least 4 members (excludes halogenated alkanes) is 3. The van der Waals surface area contributed by atoms with E-state index in [9.17, 15) is 18.5 Å². The molecule has 0 radical (unpaired) electrons. The molecule has 112 valence electrons. The first-order chi connectivity index (χ1) is 9.38. The van der Waals surface area contributed by atoms with Gasteiger partial charge in [-0.3, -0.25) is 10.1 Å². The summed E-state index contributed by atoms with van der Waals surface area (Å²) in [6.45, 7) is 2.70. The summed E-state index contributed by atoms with van der Waals surface area (Å²) in [6, 6.07) is 4.31. The van der Waals surface area contributed by atoms with Crippen LogP contribution >= 0.6 is 0 Å². The molecule has 0 aliphatic rings. The number of benzene rings is 1. The minimum Gasteiger partial charge on any atom is -0.379 e. The number of nitrogens with zero attached hydrogens (tertiary/aromatic N) is 1. The predicted molar refractivity (Wildman–Crippen MR) is 78.8 cm³/mol. The van der Waals surface area contributed by atoms with Crippen LogP contribution in [0.4, 0.5) is 11.4 Å². The largest absolute Gasteiger partial charge is 0.379 e. The molecule has 0 heterocycles. The van der Waals surface area contributed by atoms with E-state index in [1.165, 1.54) is 18.2 Å². The Morgan fingerprint density at radius 3 is 2.50 bits per heavy atom. The highest BCUT2D eigenvalue weighted by Gasteiger charge is 2.25. The quantitative estimate of drug-likeness (QED) is 0.453. The molecule has 1 aromatic rings. The Morgan fingerprint density at radius 1 is 1.25 bits per heavy atom. The lowest BCUT2D eigenvalue weighted by molar-refractivity contribution is -0.386. The van der Waals surface area contributed by atoms with Crippen molar-refractivity contribution in [1.29, 1.82) is 0 Å². The molecule has 7 heteroatoms. The maximum absolute atomic E-state index is 11.6. The fourth-order valence-corrected chi connectivity index (χ4v) is 2.79. The monoisotopic (exact) mass is 300 g/mol. The topological polar surface area (TPSA) is 89.3 Å². The van der Waals surface area contributed by atoms with Crippen LogP contribution in [0.25, 0.3) is 0 Å². The van der Waals surface area contributed by atoms with Gasteiger partial charge in [0.1, 0.15) is 10.6 Å². The van der Waals surface area contributed by atoms with E-state index in [1.807, 2.05) is 0 Å². The molecule has 1 N–H and O–H groups in total. The number of hydrogen-bond donors (Lipinski definition) is 1. The Kier molecular flexibility index (Phi) is 5.94. The van der Waals surface area contributed by atoms with Crippen LogP contribution in [-0.4, -0.2) is 26.1 Å². The van der Waals surface area contributed by atoms with E-state index in [2.05, 4.69) is 12.2 Å². The number of rotatable bonds is 8. The molecular formula is C13H20N2O4S. The predicted octanol–water partition coefficient (Wildman–Crippen LogP) is 2.99. The first-order valence-corrected chi connectivity index (χ1v) is 8.48. The molecule has 0 aromatic heterocycles. The van der Waals surface area contributed by atoms with Gasteiger partial charge in [0.15, 0.2) is 9.84 Å². The summed E-state index contributed by atoms with van der Waals surface area (Å²) in [5.41, 5.74) is -0.111. The summed E-state index contributed by atoms with van der Waals surface area (Å²) >= 11 is 0. The second kappa shape index (κ2) is 7.23. The van der Waals surface area contributed by atoms with Crippen molar-refractivity contribution in [2.24, 2.45) is 0 Å². The molecule has 0 amide bonds. The van der Waals surface area contributed by atoms with Gasteiger partial charge in [-0.1, -0.05) is 32.3 Å². The Bertz CT molecular complexity index is 570. The highest BCUT2D eigenvalue weighted by Crippen LogP contribution is 2.31. The first kappa shape index (κ1) is 16.4. The highest BCUT2D eigenvalue weighted by molar-refractivity contribution is 7.90. The lowest BCUT2D eigenvalue weighted by atomic mass is 10.2. The molecule has 0 bridgehead atoms. The number of sulfone groups is 1. The van der Waals surface area contributed by atoms with Crippen LogP contribution < -0.4 is 5.32 Å². The number of hydrogen-bond acceptors (Lipinski definition) is 5. The van der Waals surface area contributed by atoms with Crippen molar-refractivity contribution >= 4 is 21.2 Å². The van der Waals surface area contributed by atoms with Crippen LogP contribution in [0.5, 0.6) is 0 Å². The van der Waals surface area contributed by atoms with Gasteiger partial charge in [0.25, 0.3) is 0 Å². The first-order valence-electron chi connectivity index (χ1n) is 6.59. The van der Waals surface area contributed by atoms with Crippen LogP contribution in [0.1, 0.15) is 32.6 Å². The number of anilines is 1. The standard InChI is InChI=1S/C13H20N2O4S/c1-3-4-5-6-10-14-11-8-7-9-12(20(2,18)19)13(11)15(16)17/h7-9,14H,3-6,10H2,1-2H3. The fraction of sp³-hybridized carbons (Fsp3) is 0.538. The maximum Gasteiger partial charge on any atom is 0.310 e. The molecule has 0 saturated carbocycles. The van der Waals surface area contributed by atoms with Crippen molar-refractivity contribution in [1.82, 2.24) is 0 Å². The van der Waals surface area contributed by atoms with Gasteiger partial charge in [-0.2, -0.15) is 0 Å². The molecule has 0 fully saturated rings. The zero-order valence-electron chi connectivity index (χ0n) is 11.8.